The van der Waals surface area contributed by atoms with Crippen molar-refractivity contribution < 1.29 is 33.4 Å². The van der Waals surface area contributed by atoms with Crippen LogP contribution in [0, 0.1) is 24.5 Å². The number of aliphatic carboxylic acids is 1. The van der Waals surface area contributed by atoms with E-state index < -0.39 is 47.0 Å². The van der Waals surface area contributed by atoms with E-state index in [2.05, 4.69) is 5.32 Å². The monoisotopic (exact) mass is 444 g/mol. The van der Waals surface area contributed by atoms with E-state index in [1.165, 1.54) is 49.6 Å². The fourth-order valence-corrected chi connectivity index (χ4v) is 3.65. The Hall–Kier alpha value is -3.75. The summed E-state index contributed by atoms with van der Waals surface area (Å²) in [5.74, 6) is -6.35. The van der Waals surface area contributed by atoms with Gasteiger partial charge in [-0.05, 0) is 49.7 Å². The number of hydrogen-bond acceptors (Lipinski definition) is 4. The van der Waals surface area contributed by atoms with Gasteiger partial charge in [0, 0.05) is 23.2 Å². The Morgan fingerprint density at radius 2 is 1.81 bits per heavy atom. The molecule has 3 N–H and O–H groups in total. The number of aromatic hydroxyl groups is 1. The summed E-state index contributed by atoms with van der Waals surface area (Å²) in [7, 11) is 0. The Kier molecular flexibility index (Phi) is 6.29. The first-order chi connectivity index (χ1) is 15.0. The van der Waals surface area contributed by atoms with Gasteiger partial charge in [-0.25, -0.2) is 8.78 Å². The van der Waals surface area contributed by atoms with Crippen molar-refractivity contribution in [2.75, 3.05) is 6.54 Å². The number of carbonyl (C=O) groups excluding carboxylic acids is 2. The number of phenols is 1. The van der Waals surface area contributed by atoms with Crippen LogP contribution in [0.1, 0.15) is 41.4 Å². The molecule has 0 fully saturated rings. The van der Waals surface area contributed by atoms with E-state index in [1.54, 1.807) is 0 Å². The molecule has 168 valence electrons. The normalized spacial score (nSPS) is 13.0. The molecule has 2 aromatic carbocycles. The average molecular weight is 444 g/mol. The molecule has 1 amide bonds. The van der Waals surface area contributed by atoms with Crippen LogP contribution in [0.5, 0.6) is 5.75 Å². The van der Waals surface area contributed by atoms with Crippen LogP contribution in [-0.2, 0) is 9.59 Å². The molecule has 3 rings (SSSR count). The number of nitrogens with zero attached hydrogens (tertiary/aromatic N) is 1. The van der Waals surface area contributed by atoms with Crippen molar-refractivity contribution in [1.82, 2.24) is 9.88 Å². The summed E-state index contributed by atoms with van der Waals surface area (Å²) < 4.78 is 29.8. The number of amides is 1. The minimum atomic E-state index is -1.08. The number of fused-ring (bicyclic) bond motifs is 1. The van der Waals surface area contributed by atoms with Crippen LogP contribution < -0.4 is 5.32 Å². The molecular formula is C23H22F2N2O5. The van der Waals surface area contributed by atoms with Gasteiger partial charge < -0.3 is 15.5 Å². The molecule has 1 unspecified atom stereocenters. The number of halogens is 2. The highest BCUT2D eigenvalue weighted by Crippen LogP contribution is 2.37. The zero-order valence-electron chi connectivity index (χ0n) is 17.6. The van der Waals surface area contributed by atoms with Gasteiger partial charge in [-0.3, -0.25) is 19.0 Å². The number of carboxylic acid groups (broad SMARTS) is 1. The molecular weight excluding hydrogens is 422 g/mol. The quantitative estimate of drug-likeness (QED) is 0.539. The summed E-state index contributed by atoms with van der Waals surface area (Å²) in [6, 6.07) is 7.46. The Bertz CT molecular complexity index is 1230. The fourth-order valence-electron chi connectivity index (χ4n) is 3.65. The van der Waals surface area contributed by atoms with Crippen LogP contribution in [0.4, 0.5) is 8.78 Å². The number of aromatic nitrogens is 1. The summed E-state index contributed by atoms with van der Waals surface area (Å²) in [4.78, 5) is 36.9. The molecule has 2 atom stereocenters. The third-order valence-electron chi connectivity index (χ3n) is 5.44. The highest BCUT2D eigenvalue weighted by molar-refractivity contribution is 6.05. The molecule has 0 saturated carbocycles. The molecule has 0 aliphatic rings. The summed E-state index contributed by atoms with van der Waals surface area (Å²) in [6.45, 7) is 4.31. The van der Waals surface area contributed by atoms with Gasteiger partial charge in [-0.2, -0.15) is 0 Å². The number of phenolic OH excluding ortho intramolecular Hbond substituents is 1. The van der Waals surface area contributed by atoms with E-state index in [1.807, 2.05) is 0 Å². The molecule has 0 spiro atoms. The Labute approximate surface area is 182 Å². The number of carboxylic acids is 1. The van der Waals surface area contributed by atoms with E-state index in [-0.39, 0.29) is 34.3 Å². The van der Waals surface area contributed by atoms with Gasteiger partial charge in [0.15, 0.2) is 11.6 Å². The van der Waals surface area contributed by atoms with Gasteiger partial charge in [0.05, 0.1) is 17.4 Å². The van der Waals surface area contributed by atoms with Gasteiger partial charge in [-0.15, -0.1) is 0 Å². The zero-order valence-corrected chi connectivity index (χ0v) is 17.6. The average Bonchev–Trinajstić information content (AvgIpc) is 3.05. The first kappa shape index (κ1) is 22.9. The summed E-state index contributed by atoms with van der Waals surface area (Å²) in [6.07, 6.45) is 0. The minimum Gasteiger partial charge on any atom is -0.505 e. The van der Waals surface area contributed by atoms with Crippen molar-refractivity contribution >= 4 is 28.7 Å². The van der Waals surface area contributed by atoms with Gasteiger partial charge in [0.1, 0.15) is 5.82 Å². The maximum atomic E-state index is 15.0. The molecule has 0 aliphatic carbocycles. The Morgan fingerprint density at radius 1 is 1.12 bits per heavy atom. The summed E-state index contributed by atoms with van der Waals surface area (Å²) >= 11 is 0. The summed E-state index contributed by atoms with van der Waals surface area (Å²) in [5, 5.41) is 21.3. The van der Waals surface area contributed by atoms with Gasteiger partial charge in [-0.1, -0.05) is 13.0 Å². The molecule has 0 radical (unpaired) electrons. The van der Waals surface area contributed by atoms with E-state index in [4.69, 9.17) is 5.11 Å². The number of rotatable bonds is 6. The molecule has 7 nitrogen and oxygen atoms in total. The maximum Gasteiger partial charge on any atom is 0.308 e. The second-order valence-corrected chi connectivity index (χ2v) is 7.65. The van der Waals surface area contributed by atoms with Crippen molar-refractivity contribution in [1.29, 1.82) is 0 Å². The van der Waals surface area contributed by atoms with Crippen molar-refractivity contribution in [2.45, 2.75) is 26.7 Å². The second kappa shape index (κ2) is 8.78. The maximum absolute atomic E-state index is 15.0. The number of hydrogen-bond donors (Lipinski definition) is 3. The largest absolute Gasteiger partial charge is 0.505 e. The van der Waals surface area contributed by atoms with Gasteiger partial charge in [0.25, 0.3) is 5.91 Å². The molecule has 32 heavy (non-hydrogen) atoms. The smallest absolute Gasteiger partial charge is 0.308 e. The van der Waals surface area contributed by atoms with Crippen LogP contribution in [0.25, 0.3) is 10.9 Å². The zero-order chi connectivity index (χ0) is 23.7. The third kappa shape index (κ3) is 4.05. The van der Waals surface area contributed by atoms with Crippen LogP contribution in [0.2, 0.25) is 0 Å². The van der Waals surface area contributed by atoms with Gasteiger partial charge >= 0.3 is 5.97 Å². The van der Waals surface area contributed by atoms with Crippen molar-refractivity contribution in [3.63, 3.8) is 0 Å². The fraction of sp³-hybridized carbons (Fsp3) is 0.261. The van der Waals surface area contributed by atoms with Gasteiger partial charge in [0.2, 0.25) is 5.91 Å². The van der Waals surface area contributed by atoms with E-state index in [0.29, 0.717) is 0 Å². The highest BCUT2D eigenvalue weighted by atomic mass is 19.1. The molecule has 3 aromatic rings. The third-order valence-corrected chi connectivity index (χ3v) is 5.44. The van der Waals surface area contributed by atoms with Crippen molar-refractivity contribution in [3.8, 4) is 5.75 Å². The predicted octanol–water partition coefficient (Wildman–Crippen LogP) is 3.56. The lowest BCUT2D eigenvalue weighted by molar-refractivity contribution is -0.141. The van der Waals surface area contributed by atoms with Crippen LogP contribution in [-0.4, -0.2) is 39.1 Å². The van der Waals surface area contributed by atoms with Crippen molar-refractivity contribution in [2.24, 2.45) is 5.92 Å². The lowest BCUT2D eigenvalue weighted by Crippen LogP contribution is -2.34. The topological polar surface area (TPSA) is 109 Å². The summed E-state index contributed by atoms with van der Waals surface area (Å²) in [5.41, 5.74) is 0.546. The minimum absolute atomic E-state index is 0.0254. The Balaban J connectivity index is 2.13. The number of carbonyl (C=O) groups is 3. The predicted molar refractivity (Wildman–Crippen MR) is 113 cm³/mol. The number of benzene rings is 2. The lowest BCUT2D eigenvalue weighted by Gasteiger charge is -2.15. The first-order valence-corrected chi connectivity index (χ1v) is 9.87. The van der Waals surface area contributed by atoms with Crippen LogP contribution in [0.3, 0.4) is 0 Å². The molecule has 0 bridgehead atoms. The SMILES string of the molecule is Cc1c([C@H](C)C(=O)NCC(C)C(=O)O)c2c(F)c(O)ccc2n1C(=O)c1cccc(F)c1. The van der Waals surface area contributed by atoms with E-state index in [0.717, 1.165) is 12.1 Å². The van der Waals surface area contributed by atoms with Crippen LogP contribution >= 0.6 is 0 Å². The molecule has 9 heteroatoms. The van der Waals surface area contributed by atoms with E-state index in [9.17, 15) is 28.3 Å². The molecule has 0 aliphatic heterocycles. The van der Waals surface area contributed by atoms with Crippen molar-refractivity contribution in [3.05, 3.63) is 64.9 Å². The number of nitrogens with one attached hydrogen (secondary N) is 1. The molecule has 1 aromatic heterocycles. The molecule has 0 saturated heterocycles. The highest BCUT2D eigenvalue weighted by Gasteiger charge is 2.29. The standard InChI is InChI=1S/C23H22F2N2O5/c1-11(23(31)32)10-26-21(29)12(2)18-13(3)27(16-7-8-17(28)20(25)19(16)18)22(30)14-5-4-6-15(24)9-14/h4-9,11-12,28H,10H2,1-3H3,(H,26,29)(H,31,32)/t11?,12-/m0/s1. The molecule has 1 heterocycles. The lowest BCUT2D eigenvalue weighted by atomic mass is 9.96. The van der Waals surface area contributed by atoms with Crippen LogP contribution in [0.15, 0.2) is 36.4 Å². The second-order valence-electron chi connectivity index (χ2n) is 7.65. The Morgan fingerprint density at radius 3 is 2.44 bits per heavy atom. The van der Waals surface area contributed by atoms with E-state index >= 15 is 0 Å². The first-order valence-electron chi connectivity index (χ1n) is 9.87.